The van der Waals surface area contributed by atoms with E-state index in [1.54, 1.807) is 12.4 Å². The van der Waals surface area contributed by atoms with Crippen molar-refractivity contribution < 1.29 is 14.7 Å². The average molecular weight is 234 g/mol. The molecule has 1 heterocycles. The number of aromatic nitrogens is 1. The molecule has 0 spiro atoms. The highest BCUT2D eigenvalue weighted by Crippen LogP contribution is 2.38. The molecule has 2 atom stereocenters. The topological polar surface area (TPSA) is 79.3 Å². The van der Waals surface area contributed by atoms with Gasteiger partial charge in [-0.25, -0.2) is 0 Å². The minimum Gasteiger partial charge on any atom is -0.481 e. The normalized spacial score (nSPS) is 21.9. The molecule has 2 rings (SSSR count). The molecule has 0 unspecified atom stereocenters. The summed E-state index contributed by atoms with van der Waals surface area (Å²) in [6.07, 6.45) is 4.62. The van der Waals surface area contributed by atoms with Gasteiger partial charge in [0.25, 0.3) is 0 Å². The van der Waals surface area contributed by atoms with Crippen LogP contribution in [0.5, 0.6) is 0 Å². The van der Waals surface area contributed by atoms with Crippen LogP contribution in [0.25, 0.3) is 0 Å². The molecule has 0 bridgehead atoms. The van der Waals surface area contributed by atoms with Gasteiger partial charge in [0.05, 0.1) is 11.8 Å². The fourth-order valence-corrected chi connectivity index (χ4v) is 1.77. The second-order valence-electron chi connectivity index (χ2n) is 4.18. The summed E-state index contributed by atoms with van der Waals surface area (Å²) in [5.41, 5.74) is 1.10. The van der Waals surface area contributed by atoms with Crippen LogP contribution in [-0.2, 0) is 16.0 Å². The monoisotopic (exact) mass is 234 g/mol. The average Bonchev–Trinajstić information content (AvgIpc) is 3.10. The molecule has 1 aliphatic carbocycles. The van der Waals surface area contributed by atoms with E-state index in [-0.39, 0.29) is 11.8 Å². The van der Waals surface area contributed by atoms with Gasteiger partial charge in [-0.2, -0.15) is 0 Å². The van der Waals surface area contributed by atoms with Crippen molar-refractivity contribution in [1.82, 2.24) is 10.3 Å². The predicted molar refractivity (Wildman–Crippen MR) is 60.2 cm³/mol. The van der Waals surface area contributed by atoms with Crippen LogP contribution in [0, 0.1) is 11.8 Å². The lowest BCUT2D eigenvalue weighted by Gasteiger charge is -2.04. The Hall–Kier alpha value is -1.91. The Morgan fingerprint density at radius 3 is 2.65 bits per heavy atom. The van der Waals surface area contributed by atoms with Gasteiger partial charge in [-0.15, -0.1) is 0 Å². The molecule has 1 aromatic heterocycles. The summed E-state index contributed by atoms with van der Waals surface area (Å²) < 4.78 is 0. The van der Waals surface area contributed by atoms with Crippen molar-refractivity contribution in [2.75, 3.05) is 6.54 Å². The van der Waals surface area contributed by atoms with Crippen LogP contribution in [0.4, 0.5) is 0 Å². The molecule has 1 aliphatic rings. The number of carbonyl (C=O) groups is 2. The van der Waals surface area contributed by atoms with E-state index in [9.17, 15) is 9.59 Å². The molecule has 0 aromatic carbocycles. The molecular weight excluding hydrogens is 220 g/mol. The zero-order valence-electron chi connectivity index (χ0n) is 9.30. The number of nitrogens with zero attached hydrogens (tertiary/aromatic N) is 1. The highest BCUT2D eigenvalue weighted by Gasteiger charge is 2.48. The van der Waals surface area contributed by atoms with Gasteiger partial charge in [-0.3, -0.25) is 14.6 Å². The lowest BCUT2D eigenvalue weighted by molar-refractivity contribution is -0.140. The molecule has 5 heteroatoms. The van der Waals surface area contributed by atoms with E-state index in [0.29, 0.717) is 13.0 Å². The first-order valence-electron chi connectivity index (χ1n) is 5.58. The van der Waals surface area contributed by atoms with Crippen LogP contribution in [0.15, 0.2) is 24.5 Å². The zero-order valence-corrected chi connectivity index (χ0v) is 9.30. The number of amides is 1. The van der Waals surface area contributed by atoms with Crippen LogP contribution in [-0.4, -0.2) is 28.5 Å². The summed E-state index contributed by atoms with van der Waals surface area (Å²) in [5, 5.41) is 11.4. The van der Waals surface area contributed by atoms with Crippen LogP contribution in [0.3, 0.4) is 0 Å². The Bertz CT molecular complexity index is 419. The van der Waals surface area contributed by atoms with E-state index in [4.69, 9.17) is 5.11 Å². The molecule has 0 radical (unpaired) electrons. The van der Waals surface area contributed by atoms with E-state index >= 15 is 0 Å². The molecule has 1 saturated carbocycles. The number of pyridine rings is 1. The number of carboxylic acids is 1. The molecule has 90 valence electrons. The minimum atomic E-state index is -0.876. The fourth-order valence-electron chi connectivity index (χ4n) is 1.77. The summed E-state index contributed by atoms with van der Waals surface area (Å²) in [6, 6.07) is 3.78. The first-order valence-corrected chi connectivity index (χ1v) is 5.58. The van der Waals surface area contributed by atoms with Crippen molar-refractivity contribution in [3.8, 4) is 0 Å². The highest BCUT2D eigenvalue weighted by atomic mass is 16.4. The first kappa shape index (κ1) is 11.6. The Kier molecular flexibility index (Phi) is 3.37. The van der Waals surface area contributed by atoms with E-state index in [0.717, 1.165) is 12.0 Å². The standard InChI is InChI=1S/C12H14N2O3/c15-11(9-7-10(9)12(16)17)14-6-3-8-1-4-13-5-2-8/h1-2,4-5,9-10H,3,6-7H2,(H,14,15)(H,16,17)/t9-,10+/m1/s1. The van der Waals surface area contributed by atoms with Gasteiger partial charge in [-0.1, -0.05) is 0 Å². The summed E-state index contributed by atoms with van der Waals surface area (Å²) in [6.45, 7) is 0.533. The summed E-state index contributed by atoms with van der Waals surface area (Å²) in [4.78, 5) is 26.0. The lowest BCUT2D eigenvalue weighted by atomic mass is 10.2. The van der Waals surface area contributed by atoms with Gasteiger partial charge in [-0.05, 0) is 30.5 Å². The van der Waals surface area contributed by atoms with Crippen LogP contribution in [0.2, 0.25) is 0 Å². The van der Waals surface area contributed by atoms with Gasteiger partial charge in [0, 0.05) is 18.9 Å². The number of hydrogen-bond donors (Lipinski definition) is 2. The molecule has 1 amide bonds. The summed E-state index contributed by atoms with van der Waals surface area (Å²) >= 11 is 0. The summed E-state index contributed by atoms with van der Waals surface area (Å²) in [5.74, 6) is -1.83. The molecule has 0 saturated heterocycles. The zero-order chi connectivity index (χ0) is 12.3. The van der Waals surface area contributed by atoms with Gasteiger partial charge in [0.2, 0.25) is 5.91 Å². The van der Waals surface area contributed by atoms with Crippen molar-refractivity contribution >= 4 is 11.9 Å². The van der Waals surface area contributed by atoms with Gasteiger partial charge >= 0.3 is 5.97 Å². The predicted octanol–water partition coefficient (Wildman–Crippen LogP) is 0.461. The third kappa shape index (κ3) is 3.03. The highest BCUT2D eigenvalue weighted by molar-refractivity contribution is 5.89. The molecule has 17 heavy (non-hydrogen) atoms. The first-order chi connectivity index (χ1) is 8.18. The lowest BCUT2D eigenvalue weighted by Crippen LogP contribution is -2.28. The number of carbonyl (C=O) groups excluding carboxylic acids is 1. The number of aliphatic carboxylic acids is 1. The largest absolute Gasteiger partial charge is 0.481 e. The van der Waals surface area contributed by atoms with Crippen molar-refractivity contribution in [3.05, 3.63) is 30.1 Å². The fraction of sp³-hybridized carbons (Fsp3) is 0.417. The SMILES string of the molecule is O=C(O)[C@H]1C[C@H]1C(=O)NCCc1ccncc1. The summed E-state index contributed by atoms with van der Waals surface area (Å²) in [7, 11) is 0. The second kappa shape index (κ2) is 4.95. The molecule has 5 nitrogen and oxygen atoms in total. The molecule has 0 aliphatic heterocycles. The Morgan fingerprint density at radius 2 is 2.06 bits per heavy atom. The third-order valence-corrected chi connectivity index (χ3v) is 2.91. The number of nitrogens with one attached hydrogen (secondary N) is 1. The van der Waals surface area contributed by atoms with E-state index in [1.165, 1.54) is 0 Å². The molecule has 2 N–H and O–H groups in total. The number of hydrogen-bond acceptors (Lipinski definition) is 3. The van der Waals surface area contributed by atoms with E-state index in [1.807, 2.05) is 12.1 Å². The molecular formula is C12H14N2O3. The molecule has 1 fully saturated rings. The van der Waals surface area contributed by atoms with Crippen LogP contribution in [0.1, 0.15) is 12.0 Å². The number of carboxylic acid groups (broad SMARTS) is 1. The van der Waals surface area contributed by atoms with E-state index in [2.05, 4.69) is 10.3 Å². The second-order valence-corrected chi connectivity index (χ2v) is 4.18. The van der Waals surface area contributed by atoms with Crippen molar-refractivity contribution in [2.24, 2.45) is 11.8 Å². The Balaban J connectivity index is 1.70. The molecule has 1 aromatic rings. The maximum atomic E-state index is 11.5. The van der Waals surface area contributed by atoms with Crippen LogP contribution >= 0.6 is 0 Å². The Morgan fingerprint density at radius 1 is 1.35 bits per heavy atom. The Labute approximate surface area is 98.9 Å². The van der Waals surface area contributed by atoms with Crippen molar-refractivity contribution in [2.45, 2.75) is 12.8 Å². The van der Waals surface area contributed by atoms with Crippen molar-refractivity contribution in [3.63, 3.8) is 0 Å². The van der Waals surface area contributed by atoms with Gasteiger partial charge in [0.15, 0.2) is 0 Å². The third-order valence-electron chi connectivity index (χ3n) is 2.91. The quantitative estimate of drug-likeness (QED) is 0.775. The van der Waals surface area contributed by atoms with Crippen molar-refractivity contribution in [1.29, 1.82) is 0 Å². The maximum Gasteiger partial charge on any atom is 0.307 e. The minimum absolute atomic E-state index is 0.147. The van der Waals surface area contributed by atoms with Gasteiger partial charge in [0.1, 0.15) is 0 Å². The number of rotatable bonds is 5. The van der Waals surface area contributed by atoms with Crippen LogP contribution < -0.4 is 5.32 Å². The van der Waals surface area contributed by atoms with Gasteiger partial charge < -0.3 is 10.4 Å². The van der Waals surface area contributed by atoms with E-state index < -0.39 is 11.9 Å². The maximum absolute atomic E-state index is 11.5. The smallest absolute Gasteiger partial charge is 0.307 e.